The van der Waals surface area contributed by atoms with E-state index < -0.39 is 0 Å². The Labute approximate surface area is 169 Å². The van der Waals surface area contributed by atoms with Crippen LogP contribution in [0.4, 0.5) is 0 Å². The third kappa shape index (κ3) is 5.07. The van der Waals surface area contributed by atoms with Crippen molar-refractivity contribution in [3.8, 4) is 11.5 Å². The van der Waals surface area contributed by atoms with Gasteiger partial charge in [0, 0.05) is 37.3 Å². The topological polar surface area (TPSA) is 80.5 Å². The molecule has 1 amide bonds. The van der Waals surface area contributed by atoms with Crippen molar-refractivity contribution in [2.24, 2.45) is 0 Å². The van der Waals surface area contributed by atoms with Gasteiger partial charge in [0.2, 0.25) is 0 Å². The van der Waals surface area contributed by atoms with Crippen LogP contribution in [0.2, 0.25) is 0 Å². The summed E-state index contributed by atoms with van der Waals surface area (Å²) in [4.78, 5) is 19.0. The highest BCUT2D eigenvalue weighted by Crippen LogP contribution is 2.17. The van der Waals surface area contributed by atoms with Crippen molar-refractivity contribution in [3.63, 3.8) is 0 Å². The van der Waals surface area contributed by atoms with Crippen LogP contribution < -0.4 is 5.32 Å². The zero-order valence-electron chi connectivity index (χ0n) is 16.4. The molecule has 150 valence electrons. The second-order valence-electron chi connectivity index (χ2n) is 7.15. The number of nitrogens with one attached hydrogen (secondary N) is 1. The van der Waals surface area contributed by atoms with Crippen molar-refractivity contribution < 1.29 is 14.1 Å². The molecule has 0 spiro atoms. The minimum Gasteiger partial charge on any atom is -0.374 e. The zero-order chi connectivity index (χ0) is 20.1. The van der Waals surface area contributed by atoms with Crippen molar-refractivity contribution in [3.05, 3.63) is 71.5 Å². The number of ether oxygens (including phenoxy) is 1. The van der Waals surface area contributed by atoms with E-state index in [-0.39, 0.29) is 12.0 Å². The summed E-state index contributed by atoms with van der Waals surface area (Å²) in [6, 6.07) is 17.5. The highest BCUT2D eigenvalue weighted by atomic mass is 16.5. The molecule has 4 rings (SSSR count). The maximum atomic E-state index is 12.5. The molecule has 29 heavy (non-hydrogen) atoms. The number of amides is 1. The van der Waals surface area contributed by atoms with E-state index in [1.807, 2.05) is 6.07 Å². The average molecular weight is 392 g/mol. The quantitative estimate of drug-likeness (QED) is 0.695. The molecule has 1 aliphatic rings. The van der Waals surface area contributed by atoms with E-state index in [9.17, 15) is 4.79 Å². The van der Waals surface area contributed by atoms with E-state index in [1.54, 1.807) is 31.2 Å². The van der Waals surface area contributed by atoms with E-state index in [0.717, 1.165) is 25.2 Å². The predicted molar refractivity (Wildman–Crippen MR) is 108 cm³/mol. The first kappa shape index (κ1) is 19.3. The zero-order valence-corrected chi connectivity index (χ0v) is 16.4. The maximum absolute atomic E-state index is 12.5. The monoisotopic (exact) mass is 392 g/mol. The lowest BCUT2D eigenvalue weighted by atomic mass is 10.1. The average Bonchev–Trinajstić information content (AvgIpc) is 3.19. The molecule has 1 atom stereocenters. The Balaban J connectivity index is 1.28. The number of aryl methyl sites for hydroxylation is 1. The molecule has 1 saturated heterocycles. The molecule has 0 radical (unpaired) electrons. The number of hydrogen-bond acceptors (Lipinski definition) is 6. The second kappa shape index (κ2) is 8.98. The molecule has 0 bridgehead atoms. The molecule has 7 nitrogen and oxygen atoms in total. The third-order valence-corrected chi connectivity index (χ3v) is 4.88. The van der Waals surface area contributed by atoms with Gasteiger partial charge in [0.25, 0.3) is 11.8 Å². The minimum absolute atomic E-state index is 0.0166. The van der Waals surface area contributed by atoms with Gasteiger partial charge in [-0.1, -0.05) is 35.5 Å². The summed E-state index contributed by atoms with van der Waals surface area (Å²) in [7, 11) is 0. The molecule has 1 unspecified atom stereocenters. The maximum Gasteiger partial charge on any atom is 0.257 e. The van der Waals surface area contributed by atoms with E-state index >= 15 is 0 Å². The lowest BCUT2D eigenvalue weighted by Crippen LogP contribution is -2.47. The molecule has 1 aromatic heterocycles. The van der Waals surface area contributed by atoms with Gasteiger partial charge in [-0.2, -0.15) is 4.98 Å². The first-order valence-electron chi connectivity index (χ1n) is 9.74. The standard InChI is InChI=1S/C22H24N4O3/c1-16-24-22(29-25-16)19-9-7-18(8-10-19)21(27)23-13-20-15-26(11-12-28-20)14-17-5-3-2-4-6-17/h2-10,20H,11-15H2,1H3,(H,23,27). The van der Waals surface area contributed by atoms with E-state index in [0.29, 0.717) is 30.4 Å². The Hall–Kier alpha value is -3.03. The highest BCUT2D eigenvalue weighted by Gasteiger charge is 2.21. The predicted octanol–water partition coefficient (Wildman–Crippen LogP) is 2.68. The van der Waals surface area contributed by atoms with Crippen LogP contribution in [-0.4, -0.2) is 53.3 Å². The van der Waals surface area contributed by atoms with Crippen LogP contribution in [0.3, 0.4) is 0 Å². The van der Waals surface area contributed by atoms with Gasteiger partial charge in [-0.25, -0.2) is 0 Å². The number of rotatable bonds is 6. The fourth-order valence-corrected chi connectivity index (χ4v) is 3.38. The van der Waals surface area contributed by atoms with Gasteiger partial charge in [0.1, 0.15) is 0 Å². The second-order valence-corrected chi connectivity index (χ2v) is 7.15. The molecule has 1 fully saturated rings. The van der Waals surface area contributed by atoms with Crippen LogP contribution in [0.1, 0.15) is 21.7 Å². The van der Waals surface area contributed by atoms with Crippen LogP contribution in [0.15, 0.2) is 59.1 Å². The summed E-state index contributed by atoms with van der Waals surface area (Å²) in [6.45, 7) is 5.51. The Morgan fingerprint density at radius 2 is 1.97 bits per heavy atom. The summed E-state index contributed by atoms with van der Waals surface area (Å²) in [5.74, 6) is 0.904. The first-order chi connectivity index (χ1) is 14.2. The van der Waals surface area contributed by atoms with E-state index in [1.165, 1.54) is 5.56 Å². The smallest absolute Gasteiger partial charge is 0.257 e. The molecule has 1 N–H and O–H groups in total. The van der Waals surface area contributed by atoms with Crippen LogP contribution in [0.5, 0.6) is 0 Å². The van der Waals surface area contributed by atoms with Gasteiger partial charge in [-0.3, -0.25) is 9.69 Å². The number of carbonyl (C=O) groups excluding carboxylic acids is 1. The fourth-order valence-electron chi connectivity index (χ4n) is 3.38. The van der Waals surface area contributed by atoms with Crippen molar-refractivity contribution >= 4 is 5.91 Å². The van der Waals surface area contributed by atoms with Crippen molar-refractivity contribution in [2.75, 3.05) is 26.2 Å². The van der Waals surface area contributed by atoms with Gasteiger partial charge in [-0.15, -0.1) is 0 Å². The van der Waals surface area contributed by atoms with Crippen LogP contribution in [-0.2, 0) is 11.3 Å². The number of nitrogens with zero attached hydrogens (tertiary/aromatic N) is 3. The lowest BCUT2D eigenvalue weighted by molar-refractivity contribution is -0.0292. The summed E-state index contributed by atoms with van der Waals surface area (Å²) >= 11 is 0. The van der Waals surface area contributed by atoms with Crippen LogP contribution in [0.25, 0.3) is 11.5 Å². The minimum atomic E-state index is -0.123. The highest BCUT2D eigenvalue weighted by molar-refractivity contribution is 5.94. The normalized spacial score (nSPS) is 17.2. The number of morpholine rings is 1. The number of benzene rings is 2. The lowest BCUT2D eigenvalue weighted by Gasteiger charge is -2.33. The number of aromatic nitrogens is 2. The Bertz CT molecular complexity index is 940. The summed E-state index contributed by atoms with van der Waals surface area (Å²) < 4.78 is 11.0. The Kier molecular flexibility index (Phi) is 5.97. The summed E-state index contributed by atoms with van der Waals surface area (Å²) in [5.41, 5.74) is 2.66. The van der Waals surface area contributed by atoms with Gasteiger partial charge in [-0.05, 0) is 36.8 Å². The summed E-state index contributed by atoms with van der Waals surface area (Å²) in [5, 5.41) is 6.76. The molecule has 7 heteroatoms. The summed E-state index contributed by atoms with van der Waals surface area (Å²) in [6.07, 6.45) is -0.0166. The van der Waals surface area contributed by atoms with Crippen LogP contribution >= 0.6 is 0 Å². The Morgan fingerprint density at radius 3 is 2.69 bits per heavy atom. The van der Waals surface area contributed by atoms with E-state index in [4.69, 9.17) is 9.26 Å². The third-order valence-electron chi connectivity index (χ3n) is 4.88. The van der Waals surface area contributed by atoms with Gasteiger partial charge in [0.05, 0.1) is 12.7 Å². The molecule has 2 aromatic carbocycles. The van der Waals surface area contributed by atoms with E-state index in [2.05, 4.69) is 44.6 Å². The fraction of sp³-hybridized carbons (Fsp3) is 0.318. The molecule has 0 aliphatic carbocycles. The molecule has 0 saturated carbocycles. The first-order valence-corrected chi connectivity index (χ1v) is 9.74. The van der Waals surface area contributed by atoms with Gasteiger partial charge >= 0.3 is 0 Å². The van der Waals surface area contributed by atoms with Crippen molar-refractivity contribution in [2.45, 2.75) is 19.6 Å². The van der Waals surface area contributed by atoms with Crippen molar-refractivity contribution in [1.29, 1.82) is 0 Å². The van der Waals surface area contributed by atoms with Gasteiger partial charge in [0.15, 0.2) is 5.82 Å². The van der Waals surface area contributed by atoms with Gasteiger partial charge < -0.3 is 14.6 Å². The molecule has 3 aromatic rings. The number of carbonyl (C=O) groups is 1. The van der Waals surface area contributed by atoms with Crippen molar-refractivity contribution in [1.82, 2.24) is 20.4 Å². The van der Waals surface area contributed by atoms with Crippen LogP contribution in [0, 0.1) is 6.92 Å². The number of hydrogen-bond donors (Lipinski definition) is 1. The Morgan fingerprint density at radius 1 is 1.17 bits per heavy atom. The SMILES string of the molecule is Cc1noc(-c2ccc(C(=O)NCC3CN(Cc4ccccc4)CCO3)cc2)n1. The molecule has 1 aliphatic heterocycles. The molecular weight excluding hydrogens is 368 g/mol. The largest absolute Gasteiger partial charge is 0.374 e. The molecule has 2 heterocycles. The molecular formula is C22H24N4O3.